The van der Waals surface area contributed by atoms with Gasteiger partial charge in [-0.1, -0.05) is 53.2 Å². The third kappa shape index (κ3) is 3.74. The molecule has 0 aliphatic heterocycles. The Morgan fingerprint density at radius 2 is 2.03 bits per heavy atom. The number of aliphatic hydroxyl groups is 1. The zero-order valence-corrected chi connectivity index (χ0v) is 20.5. The van der Waals surface area contributed by atoms with E-state index in [-0.39, 0.29) is 23.3 Å². The molecule has 5 rings (SSSR count). The monoisotopic (exact) mass is 495 g/mol. The van der Waals surface area contributed by atoms with Gasteiger partial charge >= 0.3 is 0 Å². The Hall–Kier alpha value is -1.65. The highest BCUT2D eigenvalue weighted by Crippen LogP contribution is 2.62. The predicted molar refractivity (Wildman–Crippen MR) is 132 cm³/mol. The number of aryl methyl sites for hydroxylation is 2. The van der Waals surface area contributed by atoms with Crippen LogP contribution in [0.4, 0.5) is 0 Å². The number of carbonyl (C=O) groups is 1. The van der Waals surface area contributed by atoms with Crippen molar-refractivity contribution < 1.29 is 9.90 Å². The van der Waals surface area contributed by atoms with E-state index in [2.05, 4.69) is 47.1 Å². The zero-order chi connectivity index (χ0) is 22.5. The van der Waals surface area contributed by atoms with Crippen LogP contribution in [0.25, 0.3) is 0 Å². The molecule has 2 aromatic rings. The van der Waals surface area contributed by atoms with Gasteiger partial charge < -0.3 is 10.8 Å². The molecule has 3 aliphatic carbocycles. The average Bonchev–Trinajstić information content (AvgIpc) is 3.04. The molecule has 170 valence electrons. The first kappa shape index (κ1) is 22.2. The van der Waals surface area contributed by atoms with Crippen LogP contribution in [-0.4, -0.2) is 22.4 Å². The van der Waals surface area contributed by atoms with Crippen molar-refractivity contribution in [3.05, 3.63) is 70.3 Å². The third-order valence-corrected chi connectivity index (χ3v) is 9.40. The Morgan fingerprint density at radius 3 is 2.81 bits per heavy atom. The van der Waals surface area contributed by atoms with Crippen molar-refractivity contribution in [3.8, 4) is 0 Å². The van der Waals surface area contributed by atoms with E-state index < -0.39 is 0 Å². The molecule has 0 heterocycles. The highest BCUT2D eigenvalue weighted by molar-refractivity contribution is 9.09. The molecule has 6 atom stereocenters. The van der Waals surface area contributed by atoms with Gasteiger partial charge in [0.1, 0.15) is 0 Å². The number of aliphatic hydroxyl groups excluding tert-OH is 1. The number of hydrogen-bond acceptors (Lipinski definition) is 2. The number of halogens is 1. The molecule has 4 heteroatoms. The van der Waals surface area contributed by atoms with Gasteiger partial charge in [-0.25, -0.2) is 0 Å². The van der Waals surface area contributed by atoms with Crippen LogP contribution in [0.5, 0.6) is 0 Å². The van der Waals surface area contributed by atoms with E-state index in [0.717, 1.165) is 36.6 Å². The van der Waals surface area contributed by atoms with Crippen molar-refractivity contribution in [2.45, 2.75) is 63.9 Å². The first-order chi connectivity index (χ1) is 15.4. The van der Waals surface area contributed by atoms with E-state index in [9.17, 15) is 9.90 Å². The number of carbonyl (C=O) groups excluding carboxylic acids is 1. The Labute approximate surface area is 199 Å². The minimum absolute atomic E-state index is 0.000533. The van der Waals surface area contributed by atoms with E-state index >= 15 is 0 Å². The second-order valence-electron chi connectivity index (χ2n) is 10.6. The normalized spacial score (nSPS) is 33.3. The van der Waals surface area contributed by atoms with Crippen LogP contribution < -0.4 is 5.73 Å². The van der Waals surface area contributed by atoms with Crippen molar-refractivity contribution in [2.24, 2.45) is 28.9 Å². The lowest BCUT2D eigenvalue weighted by atomic mass is 9.55. The first-order valence-corrected chi connectivity index (χ1v) is 13.3. The molecule has 0 saturated heterocycles. The topological polar surface area (TPSA) is 63.3 Å². The van der Waals surface area contributed by atoms with Gasteiger partial charge in [-0.3, -0.25) is 4.79 Å². The van der Waals surface area contributed by atoms with Gasteiger partial charge in [0.2, 0.25) is 5.91 Å². The van der Waals surface area contributed by atoms with Gasteiger partial charge in [0.05, 0.1) is 6.10 Å². The number of nitrogens with two attached hydrogens (primary N) is 1. The zero-order valence-electron chi connectivity index (χ0n) is 18.9. The number of benzene rings is 2. The molecule has 2 aromatic carbocycles. The van der Waals surface area contributed by atoms with E-state index in [0.29, 0.717) is 23.3 Å². The van der Waals surface area contributed by atoms with Gasteiger partial charge in [-0.05, 0) is 108 Å². The summed E-state index contributed by atoms with van der Waals surface area (Å²) in [6.45, 7) is 2.34. The standard InChI is InChI=1S/C28H34BrNO2/c1-28-11-9-23-22-7-5-17(10-12-29)13-19(22)6-8-24(23)25(28)16-21(26(28)31)15-18-3-2-4-20(14-18)27(30)32/h2-5,7,13-14,21,23-26,31H,6,8-12,15-16H2,1H3,(H2,30,32)/t21-,23+,24+,25-,26-,28?/m0/s1. The summed E-state index contributed by atoms with van der Waals surface area (Å²) in [5, 5.41) is 12.5. The Bertz CT molecular complexity index is 1020. The van der Waals surface area contributed by atoms with Crippen LogP contribution in [0.1, 0.15) is 71.1 Å². The largest absolute Gasteiger partial charge is 0.392 e. The van der Waals surface area contributed by atoms with Crippen molar-refractivity contribution in [1.82, 2.24) is 0 Å². The minimum Gasteiger partial charge on any atom is -0.392 e. The molecule has 1 unspecified atom stereocenters. The molecule has 2 fully saturated rings. The summed E-state index contributed by atoms with van der Waals surface area (Å²) in [7, 11) is 0. The van der Waals surface area contributed by atoms with Crippen molar-refractivity contribution in [2.75, 3.05) is 5.33 Å². The van der Waals surface area contributed by atoms with Gasteiger partial charge in [0, 0.05) is 10.9 Å². The summed E-state index contributed by atoms with van der Waals surface area (Å²) in [4.78, 5) is 11.6. The van der Waals surface area contributed by atoms with Crippen molar-refractivity contribution >= 4 is 21.8 Å². The molecule has 32 heavy (non-hydrogen) atoms. The molecule has 2 saturated carbocycles. The maximum atomic E-state index is 11.6. The lowest BCUT2D eigenvalue weighted by molar-refractivity contribution is -0.0325. The number of alkyl halides is 1. The number of fused-ring (bicyclic) bond motifs is 5. The Kier molecular flexibility index (Phi) is 5.96. The number of rotatable bonds is 5. The van der Waals surface area contributed by atoms with Crippen LogP contribution >= 0.6 is 15.9 Å². The summed E-state index contributed by atoms with van der Waals surface area (Å²) in [6, 6.07) is 14.8. The van der Waals surface area contributed by atoms with Crippen LogP contribution in [0, 0.1) is 23.2 Å². The number of primary amides is 1. The van der Waals surface area contributed by atoms with Crippen LogP contribution in [-0.2, 0) is 19.3 Å². The van der Waals surface area contributed by atoms with Crippen LogP contribution in [0.15, 0.2) is 42.5 Å². The summed E-state index contributed by atoms with van der Waals surface area (Å²) >= 11 is 3.57. The summed E-state index contributed by atoms with van der Waals surface area (Å²) in [5.41, 5.74) is 11.7. The fraction of sp³-hybridized carbons (Fsp3) is 0.536. The van der Waals surface area contributed by atoms with Gasteiger partial charge in [-0.2, -0.15) is 0 Å². The fourth-order valence-electron chi connectivity index (χ4n) is 7.40. The number of hydrogen-bond donors (Lipinski definition) is 2. The quantitative estimate of drug-likeness (QED) is 0.544. The highest BCUT2D eigenvalue weighted by Gasteiger charge is 2.57. The Morgan fingerprint density at radius 1 is 1.19 bits per heavy atom. The predicted octanol–water partition coefficient (Wildman–Crippen LogP) is 5.41. The maximum absolute atomic E-state index is 11.6. The second-order valence-corrected chi connectivity index (χ2v) is 11.4. The minimum atomic E-state index is -0.387. The highest BCUT2D eigenvalue weighted by atomic mass is 79.9. The molecule has 3 aliphatic rings. The van der Waals surface area contributed by atoms with Crippen LogP contribution in [0.2, 0.25) is 0 Å². The third-order valence-electron chi connectivity index (χ3n) is 9.00. The molecule has 0 bridgehead atoms. The number of amides is 1. The lowest BCUT2D eigenvalue weighted by Gasteiger charge is -2.50. The van der Waals surface area contributed by atoms with Crippen LogP contribution in [0.3, 0.4) is 0 Å². The van der Waals surface area contributed by atoms with Crippen molar-refractivity contribution in [1.29, 1.82) is 0 Å². The molecule has 3 N–H and O–H groups in total. The molecular weight excluding hydrogens is 462 g/mol. The molecule has 0 radical (unpaired) electrons. The summed E-state index contributed by atoms with van der Waals surface area (Å²) < 4.78 is 0. The van der Waals surface area contributed by atoms with E-state index in [1.807, 2.05) is 12.1 Å². The average molecular weight is 496 g/mol. The second kappa shape index (κ2) is 8.61. The van der Waals surface area contributed by atoms with Gasteiger partial charge in [-0.15, -0.1) is 0 Å². The van der Waals surface area contributed by atoms with E-state index in [4.69, 9.17) is 5.73 Å². The summed E-state index contributed by atoms with van der Waals surface area (Å²) in [5.74, 6) is 1.73. The molecule has 0 aromatic heterocycles. The molecule has 1 amide bonds. The fourth-order valence-corrected chi connectivity index (χ4v) is 7.86. The SMILES string of the molecule is CC12CC[C@@H]3c4ccc(CCBr)cc4CC[C@H]3[C@@H]1C[C@H](Cc1cccc(C(N)=O)c1)[C@@H]2O. The maximum Gasteiger partial charge on any atom is 0.248 e. The molecule has 3 nitrogen and oxygen atoms in total. The first-order valence-electron chi connectivity index (χ1n) is 12.1. The molecular formula is C28H34BrNO2. The summed E-state index contributed by atoms with van der Waals surface area (Å²) in [6.07, 6.45) is 7.40. The van der Waals surface area contributed by atoms with E-state index in [1.165, 1.54) is 24.8 Å². The van der Waals surface area contributed by atoms with E-state index in [1.54, 1.807) is 17.2 Å². The van der Waals surface area contributed by atoms with Gasteiger partial charge in [0.25, 0.3) is 0 Å². The lowest BCUT2D eigenvalue weighted by Crippen LogP contribution is -2.44. The Balaban J connectivity index is 1.38. The smallest absolute Gasteiger partial charge is 0.248 e. The van der Waals surface area contributed by atoms with Crippen molar-refractivity contribution in [3.63, 3.8) is 0 Å². The van der Waals surface area contributed by atoms with Gasteiger partial charge in [0.15, 0.2) is 0 Å². The molecule has 0 spiro atoms.